The van der Waals surface area contributed by atoms with E-state index in [1.807, 2.05) is 60.7 Å². The number of hydrogen-bond donors (Lipinski definition) is 1. The van der Waals surface area contributed by atoms with E-state index in [0.29, 0.717) is 30.8 Å². The van der Waals surface area contributed by atoms with Crippen LogP contribution in [0, 0.1) is 0 Å². The molecule has 28 heavy (non-hydrogen) atoms. The van der Waals surface area contributed by atoms with Crippen LogP contribution in [-0.2, 0) is 10.2 Å². The van der Waals surface area contributed by atoms with E-state index in [1.165, 1.54) is 11.3 Å². The van der Waals surface area contributed by atoms with Crippen molar-refractivity contribution in [2.75, 3.05) is 13.1 Å². The summed E-state index contributed by atoms with van der Waals surface area (Å²) in [7, 11) is 0. The molecule has 5 nitrogen and oxygen atoms in total. The molecule has 1 N–H and O–H groups in total. The number of piperidine rings is 1. The standard InChI is InChI=1S/C22H20N2O3S/c25-20(19-10-9-18(28-19)17-8-4-5-13-23-17)24-14-11-22(12-15-24,21(26)27)16-6-2-1-3-7-16/h1-10,13H,11-12,14-15H2,(H,26,27). The van der Waals surface area contributed by atoms with Crippen LogP contribution in [0.2, 0.25) is 0 Å². The Morgan fingerprint density at radius 2 is 1.68 bits per heavy atom. The lowest BCUT2D eigenvalue weighted by Gasteiger charge is -2.39. The number of thiophene rings is 1. The third-order valence-electron chi connectivity index (χ3n) is 5.37. The number of pyridine rings is 1. The van der Waals surface area contributed by atoms with Crippen LogP contribution in [0.5, 0.6) is 0 Å². The number of carbonyl (C=O) groups excluding carboxylic acids is 1. The van der Waals surface area contributed by atoms with Crippen LogP contribution in [0.25, 0.3) is 10.6 Å². The molecular formula is C22H20N2O3S. The Bertz CT molecular complexity index is 977. The number of likely N-dealkylation sites (tertiary alicyclic amines) is 1. The summed E-state index contributed by atoms with van der Waals surface area (Å²) in [5.74, 6) is -0.862. The summed E-state index contributed by atoms with van der Waals surface area (Å²) in [6.45, 7) is 0.855. The van der Waals surface area contributed by atoms with E-state index in [4.69, 9.17) is 0 Å². The van der Waals surface area contributed by atoms with Crippen LogP contribution in [0.1, 0.15) is 28.1 Å². The molecule has 3 aromatic rings. The lowest BCUT2D eigenvalue weighted by atomic mass is 9.73. The lowest BCUT2D eigenvalue weighted by Crippen LogP contribution is -2.49. The topological polar surface area (TPSA) is 70.5 Å². The summed E-state index contributed by atoms with van der Waals surface area (Å²) < 4.78 is 0. The lowest BCUT2D eigenvalue weighted by molar-refractivity contribution is -0.145. The van der Waals surface area contributed by atoms with Gasteiger partial charge in [-0.25, -0.2) is 0 Å². The molecule has 0 unspecified atom stereocenters. The predicted molar refractivity (Wildman–Crippen MR) is 108 cm³/mol. The van der Waals surface area contributed by atoms with Gasteiger partial charge < -0.3 is 10.0 Å². The van der Waals surface area contributed by atoms with Crippen molar-refractivity contribution in [2.45, 2.75) is 18.3 Å². The molecular weight excluding hydrogens is 372 g/mol. The van der Waals surface area contributed by atoms with Gasteiger partial charge in [0.15, 0.2) is 0 Å². The molecule has 0 radical (unpaired) electrons. The molecule has 1 aliphatic rings. The molecule has 3 heterocycles. The largest absolute Gasteiger partial charge is 0.481 e. The predicted octanol–water partition coefficient (Wildman–Crippen LogP) is 4.07. The molecule has 0 bridgehead atoms. The first kappa shape index (κ1) is 18.4. The zero-order chi connectivity index (χ0) is 19.6. The summed E-state index contributed by atoms with van der Waals surface area (Å²) >= 11 is 1.42. The maximum atomic E-state index is 12.9. The number of aromatic nitrogens is 1. The van der Waals surface area contributed by atoms with Crippen molar-refractivity contribution in [1.29, 1.82) is 0 Å². The van der Waals surface area contributed by atoms with Crippen LogP contribution in [0.4, 0.5) is 0 Å². The van der Waals surface area contributed by atoms with Crippen molar-refractivity contribution in [3.8, 4) is 10.6 Å². The normalized spacial score (nSPS) is 15.9. The first-order valence-corrected chi connectivity index (χ1v) is 10.0. The van der Waals surface area contributed by atoms with Gasteiger partial charge in [0.05, 0.1) is 20.9 Å². The summed E-state index contributed by atoms with van der Waals surface area (Å²) in [6.07, 6.45) is 2.56. The van der Waals surface area contributed by atoms with Gasteiger partial charge >= 0.3 is 5.97 Å². The molecule has 0 atom stereocenters. The minimum Gasteiger partial charge on any atom is -0.481 e. The second-order valence-corrected chi connectivity index (χ2v) is 8.01. The highest BCUT2D eigenvalue weighted by molar-refractivity contribution is 7.17. The zero-order valence-corrected chi connectivity index (χ0v) is 16.1. The maximum Gasteiger partial charge on any atom is 0.314 e. The van der Waals surface area contributed by atoms with Gasteiger partial charge in [-0.05, 0) is 42.7 Å². The summed E-state index contributed by atoms with van der Waals surface area (Å²) in [6, 6.07) is 18.8. The second kappa shape index (κ2) is 7.56. The van der Waals surface area contributed by atoms with Gasteiger partial charge in [0.25, 0.3) is 5.91 Å². The van der Waals surface area contributed by atoms with Crippen molar-refractivity contribution >= 4 is 23.2 Å². The molecule has 6 heteroatoms. The molecule has 1 amide bonds. The fraction of sp³-hybridized carbons (Fsp3) is 0.227. The number of carboxylic acid groups (broad SMARTS) is 1. The van der Waals surface area contributed by atoms with Crippen LogP contribution in [-0.4, -0.2) is 40.0 Å². The monoisotopic (exact) mass is 392 g/mol. The quantitative estimate of drug-likeness (QED) is 0.727. The Balaban J connectivity index is 1.50. The second-order valence-electron chi connectivity index (χ2n) is 6.92. The van der Waals surface area contributed by atoms with Gasteiger partial charge in [0.2, 0.25) is 0 Å². The molecule has 0 aliphatic carbocycles. The van der Waals surface area contributed by atoms with Crippen LogP contribution in [0.15, 0.2) is 66.9 Å². The Kier molecular flexibility index (Phi) is 4.96. The first-order chi connectivity index (χ1) is 13.6. The Morgan fingerprint density at radius 3 is 2.32 bits per heavy atom. The third kappa shape index (κ3) is 3.31. The Labute approximate surface area is 167 Å². The van der Waals surface area contributed by atoms with Gasteiger partial charge in [0.1, 0.15) is 0 Å². The Morgan fingerprint density at radius 1 is 0.964 bits per heavy atom. The Hall–Kier alpha value is -2.99. The SMILES string of the molecule is O=C(c1ccc(-c2ccccn2)s1)N1CCC(C(=O)O)(c2ccccc2)CC1. The summed E-state index contributed by atoms with van der Waals surface area (Å²) in [4.78, 5) is 32.7. The highest BCUT2D eigenvalue weighted by Crippen LogP contribution is 2.37. The van der Waals surface area contributed by atoms with E-state index in [9.17, 15) is 14.7 Å². The van der Waals surface area contributed by atoms with Gasteiger partial charge in [0, 0.05) is 19.3 Å². The van der Waals surface area contributed by atoms with Gasteiger partial charge in [-0.1, -0.05) is 36.4 Å². The molecule has 1 aliphatic heterocycles. The van der Waals surface area contributed by atoms with Crippen LogP contribution >= 0.6 is 11.3 Å². The van der Waals surface area contributed by atoms with E-state index in [1.54, 1.807) is 11.1 Å². The number of nitrogens with zero attached hydrogens (tertiary/aromatic N) is 2. The van der Waals surface area contributed by atoms with Gasteiger partial charge in [-0.15, -0.1) is 11.3 Å². The fourth-order valence-electron chi connectivity index (χ4n) is 3.73. The minimum absolute atomic E-state index is 0.0424. The zero-order valence-electron chi connectivity index (χ0n) is 15.2. The number of hydrogen-bond acceptors (Lipinski definition) is 4. The summed E-state index contributed by atoms with van der Waals surface area (Å²) in [5.41, 5.74) is 0.731. The van der Waals surface area contributed by atoms with Crippen molar-refractivity contribution < 1.29 is 14.7 Å². The van der Waals surface area contributed by atoms with Crippen molar-refractivity contribution in [3.63, 3.8) is 0 Å². The molecule has 1 saturated heterocycles. The number of carbonyl (C=O) groups is 2. The molecule has 2 aromatic heterocycles. The molecule has 1 fully saturated rings. The molecule has 4 rings (SSSR count). The number of amides is 1. The molecule has 142 valence electrons. The van der Waals surface area contributed by atoms with E-state index >= 15 is 0 Å². The van der Waals surface area contributed by atoms with E-state index in [2.05, 4.69) is 4.98 Å². The number of benzene rings is 1. The van der Waals surface area contributed by atoms with E-state index < -0.39 is 11.4 Å². The number of aliphatic carboxylic acids is 1. The third-order valence-corrected chi connectivity index (χ3v) is 6.47. The molecule has 0 spiro atoms. The smallest absolute Gasteiger partial charge is 0.314 e. The highest BCUT2D eigenvalue weighted by Gasteiger charge is 2.44. The van der Waals surface area contributed by atoms with Crippen molar-refractivity contribution in [3.05, 3.63) is 77.3 Å². The summed E-state index contributed by atoms with van der Waals surface area (Å²) in [5, 5.41) is 9.91. The van der Waals surface area contributed by atoms with Crippen molar-refractivity contribution in [1.82, 2.24) is 9.88 Å². The molecule has 0 saturated carbocycles. The average molecular weight is 392 g/mol. The highest BCUT2D eigenvalue weighted by atomic mass is 32.1. The number of carboxylic acids is 1. The number of rotatable bonds is 4. The first-order valence-electron chi connectivity index (χ1n) is 9.20. The van der Waals surface area contributed by atoms with Gasteiger partial charge in [-0.3, -0.25) is 14.6 Å². The van der Waals surface area contributed by atoms with Gasteiger partial charge in [-0.2, -0.15) is 0 Å². The van der Waals surface area contributed by atoms with E-state index in [-0.39, 0.29) is 5.91 Å². The average Bonchev–Trinajstić information content (AvgIpc) is 3.25. The van der Waals surface area contributed by atoms with Crippen LogP contribution in [0.3, 0.4) is 0 Å². The van der Waals surface area contributed by atoms with Crippen LogP contribution < -0.4 is 0 Å². The minimum atomic E-state index is -0.924. The van der Waals surface area contributed by atoms with Crippen molar-refractivity contribution in [2.24, 2.45) is 0 Å². The fourth-order valence-corrected chi connectivity index (χ4v) is 4.68. The van der Waals surface area contributed by atoms with E-state index in [0.717, 1.165) is 16.1 Å². The maximum absolute atomic E-state index is 12.9. The molecule has 1 aromatic carbocycles.